The summed E-state index contributed by atoms with van der Waals surface area (Å²) >= 11 is 3.22. The Labute approximate surface area is 102 Å². The van der Waals surface area contributed by atoms with Crippen LogP contribution in [0.4, 0.5) is 0 Å². The third kappa shape index (κ3) is 2.84. The van der Waals surface area contributed by atoms with Crippen molar-refractivity contribution in [3.8, 4) is 5.75 Å². The van der Waals surface area contributed by atoms with Gasteiger partial charge in [-0.05, 0) is 40.2 Å². The maximum atomic E-state index is 5.90. The molecular weight excluding hydrogens is 272 g/mol. The van der Waals surface area contributed by atoms with Crippen molar-refractivity contribution >= 4 is 15.9 Å². The van der Waals surface area contributed by atoms with Crippen LogP contribution in [0.25, 0.3) is 0 Å². The van der Waals surface area contributed by atoms with Gasteiger partial charge in [-0.15, -0.1) is 0 Å². The van der Waals surface area contributed by atoms with E-state index in [4.69, 9.17) is 14.9 Å². The third-order valence-electron chi connectivity index (χ3n) is 2.02. The van der Waals surface area contributed by atoms with Crippen molar-refractivity contribution in [2.24, 2.45) is 5.73 Å². The van der Waals surface area contributed by atoms with Gasteiger partial charge in [0, 0.05) is 6.20 Å². The van der Waals surface area contributed by atoms with Gasteiger partial charge in [-0.3, -0.25) is 4.98 Å². The van der Waals surface area contributed by atoms with Crippen LogP contribution in [-0.2, 0) is 0 Å². The number of furan rings is 1. The zero-order valence-corrected chi connectivity index (χ0v) is 10.1. The highest BCUT2D eigenvalue weighted by molar-refractivity contribution is 9.10. The Bertz CT molecular complexity index is 444. The number of rotatable bonds is 4. The summed E-state index contributed by atoms with van der Waals surface area (Å²) in [5.41, 5.74) is 5.90. The minimum Gasteiger partial charge on any atom is -0.490 e. The van der Waals surface area contributed by atoms with Gasteiger partial charge in [0.25, 0.3) is 0 Å². The Morgan fingerprint density at radius 2 is 2.31 bits per heavy atom. The molecule has 0 fully saturated rings. The molecule has 0 aromatic carbocycles. The lowest BCUT2D eigenvalue weighted by Crippen LogP contribution is -2.18. The molecule has 0 spiro atoms. The van der Waals surface area contributed by atoms with Gasteiger partial charge in [-0.2, -0.15) is 0 Å². The minimum atomic E-state index is -0.286. The van der Waals surface area contributed by atoms with E-state index >= 15 is 0 Å². The standard InChI is InChI=1S/C11H11BrN2O2/c12-11-4-3-10(16-11)9(13)7-15-8-2-1-5-14-6-8/h1-6,9H,7,13H2. The maximum Gasteiger partial charge on any atom is 0.169 e. The molecule has 0 aliphatic carbocycles. The van der Waals surface area contributed by atoms with Crippen LogP contribution in [0, 0.1) is 0 Å². The summed E-state index contributed by atoms with van der Waals surface area (Å²) in [6.07, 6.45) is 3.33. The van der Waals surface area contributed by atoms with Gasteiger partial charge in [-0.25, -0.2) is 0 Å². The fourth-order valence-electron chi connectivity index (χ4n) is 1.23. The largest absolute Gasteiger partial charge is 0.490 e. The molecule has 2 rings (SSSR count). The van der Waals surface area contributed by atoms with Crippen molar-refractivity contribution in [3.05, 3.63) is 47.1 Å². The predicted molar refractivity (Wildman–Crippen MR) is 63.1 cm³/mol. The van der Waals surface area contributed by atoms with E-state index in [1.807, 2.05) is 18.2 Å². The van der Waals surface area contributed by atoms with Crippen LogP contribution in [-0.4, -0.2) is 11.6 Å². The fourth-order valence-corrected chi connectivity index (χ4v) is 1.55. The molecule has 1 unspecified atom stereocenters. The smallest absolute Gasteiger partial charge is 0.169 e. The monoisotopic (exact) mass is 282 g/mol. The number of hydrogen-bond acceptors (Lipinski definition) is 4. The van der Waals surface area contributed by atoms with Crippen LogP contribution in [0.1, 0.15) is 11.8 Å². The predicted octanol–water partition coefficient (Wildman–Crippen LogP) is 2.52. The summed E-state index contributed by atoms with van der Waals surface area (Å²) in [5, 5.41) is 0. The molecule has 0 amide bonds. The molecule has 0 bridgehead atoms. The van der Waals surface area contributed by atoms with Crippen LogP contribution < -0.4 is 10.5 Å². The molecule has 2 aromatic rings. The molecule has 0 saturated heterocycles. The molecule has 0 aliphatic rings. The molecule has 5 heteroatoms. The van der Waals surface area contributed by atoms with E-state index in [0.29, 0.717) is 22.8 Å². The van der Waals surface area contributed by atoms with Crippen LogP contribution in [0.2, 0.25) is 0 Å². The molecular formula is C11H11BrN2O2. The van der Waals surface area contributed by atoms with E-state index in [2.05, 4.69) is 20.9 Å². The topological polar surface area (TPSA) is 61.3 Å². The summed E-state index contributed by atoms with van der Waals surface area (Å²) in [4.78, 5) is 3.94. The van der Waals surface area contributed by atoms with Gasteiger partial charge < -0.3 is 14.9 Å². The zero-order valence-electron chi connectivity index (χ0n) is 8.47. The van der Waals surface area contributed by atoms with E-state index in [9.17, 15) is 0 Å². The van der Waals surface area contributed by atoms with Crippen molar-refractivity contribution in [2.75, 3.05) is 6.61 Å². The lowest BCUT2D eigenvalue weighted by atomic mass is 10.2. The molecule has 84 valence electrons. The molecule has 0 saturated carbocycles. The quantitative estimate of drug-likeness (QED) is 0.936. The molecule has 2 N–H and O–H groups in total. The number of nitrogens with two attached hydrogens (primary N) is 1. The Morgan fingerprint density at radius 1 is 1.44 bits per heavy atom. The van der Waals surface area contributed by atoms with Crippen LogP contribution in [0.15, 0.2) is 45.7 Å². The van der Waals surface area contributed by atoms with E-state index in [0.717, 1.165) is 0 Å². The lowest BCUT2D eigenvalue weighted by molar-refractivity contribution is 0.270. The van der Waals surface area contributed by atoms with Crippen molar-refractivity contribution in [1.29, 1.82) is 0 Å². The Balaban J connectivity index is 1.91. The normalized spacial score (nSPS) is 12.4. The first-order valence-corrected chi connectivity index (χ1v) is 5.58. The van der Waals surface area contributed by atoms with Gasteiger partial charge in [0.05, 0.1) is 12.2 Å². The van der Waals surface area contributed by atoms with E-state index in [1.165, 1.54) is 0 Å². The summed E-state index contributed by atoms with van der Waals surface area (Å²) in [6, 6.07) is 6.98. The van der Waals surface area contributed by atoms with Crippen LogP contribution in [0.5, 0.6) is 5.75 Å². The first-order valence-electron chi connectivity index (χ1n) is 4.79. The highest BCUT2D eigenvalue weighted by atomic mass is 79.9. The first-order chi connectivity index (χ1) is 7.75. The van der Waals surface area contributed by atoms with Gasteiger partial charge in [0.15, 0.2) is 4.67 Å². The molecule has 2 heterocycles. The number of hydrogen-bond donors (Lipinski definition) is 1. The number of pyridine rings is 1. The second-order valence-electron chi connectivity index (χ2n) is 3.25. The molecule has 0 radical (unpaired) electrons. The Kier molecular flexibility index (Phi) is 3.58. The summed E-state index contributed by atoms with van der Waals surface area (Å²) in [6.45, 7) is 0.353. The second-order valence-corrected chi connectivity index (χ2v) is 4.03. The van der Waals surface area contributed by atoms with Crippen molar-refractivity contribution in [3.63, 3.8) is 0 Å². The van der Waals surface area contributed by atoms with E-state index in [-0.39, 0.29) is 6.04 Å². The first kappa shape index (κ1) is 11.2. The summed E-state index contributed by atoms with van der Waals surface area (Å²) in [5.74, 6) is 1.39. The number of ether oxygens (including phenoxy) is 1. The van der Waals surface area contributed by atoms with Crippen molar-refractivity contribution < 1.29 is 9.15 Å². The lowest BCUT2D eigenvalue weighted by Gasteiger charge is -2.10. The fraction of sp³-hybridized carbons (Fsp3) is 0.182. The Hall–Kier alpha value is -1.33. The van der Waals surface area contributed by atoms with Gasteiger partial charge in [0.2, 0.25) is 0 Å². The van der Waals surface area contributed by atoms with Crippen molar-refractivity contribution in [1.82, 2.24) is 4.98 Å². The summed E-state index contributed by atoms with van der Waals surface area (Å²) < 4.78 is 11.5. The minimum absolute atomic E-state index is 0.286. The zero-order chi connectivity index (χ0) is 11.4. The average Bonchev–Trinajstić information content (AvgIpc) is 2.74. The third-order valence-corrected chi connectivity index (χ3v) is 2.45. The highest BCUT2D eigenvalue weighted by Crippen LogP contribution is 2.19. The molecule has 0 aliphatic heterocycles. The van der Waals surface area contributed by atoms with E-state index < -0.39 is 0 Å². The maximum absolute atomic E-state index is 5.90. The van der Waals surface area contributed by atoms with Gasteiger partial charge >= 0.3 is 0 Å². The van der Waals surface area contributed by atoms with Crippen molar-refractivity contribution in [2.45, 2.75) is 6.04 Å². The Morgan fingerprint density at radius 3 is 2.94 bits per heavy atom. The number of halogens is 1. The van der Waals surface area contributed by atoms with Gasteiger partial charge in [0.1, 0.15) is 18.1 Å². The summed E-state index contributed by atoms with van der Waals surface area (Å²) in [7, 11) is 0. The molecule has 4 nitrogen and oxygen atoms in total. The number of nitrogens with zero attached hydrogens (tertiary/aromatic N) is 1. The SMILES string of the molecule is NC(COc1cccnc1)c1ccc(Br)o1. The molecule has 2 aromatic heterocycles. The second kappa shape index (κ2) is 5.14. The molecule has 1 atom stereocenters. The van der Waals surface area contributed by atoms with Crippen LogP contribution in [0.3, 0.4) is 0 Å². The van der Waals surface area contributed by atoms with Gasteiger partial charge in [-0.1, -0.05) is 0 Å². The molecule has 16 heavy (non-hydrogen) atoms. The number of aromatic nitrogens is 1. The highest BCUT2D eigenvalue weighted by Gasteiger charge is 2.11. The average molecular weight is 283 g/mol. The van der Waals surface area contributed by atoms with Crippen LogP contribution >= 0.6 is 15.9 Å². The van der Waals surface area contributed by atoms with E-state index in [1.54, 1.807) is 18.5 Å².